The number of hydrogen-bond donors (Lipinski definition) is 2. The molecule has 0 radical (unpaired) electrons. The van der Waals surface area contributed by atoms with Gasteiger partial charge >= 0.3 is 0 Å². The fraction of sp³-hybridized carbons (Fsp3) is 0.200. The zero-order valence-electron chi connectivity index (χ0n) is 18.4. The Morgan fingerprint density at radius 3 is 2.26 bits per heavy atom. The van der Waals surface area contributed by atoms with Crippen LogP contribution in [0, 0.1) is 25.6 Å². The largest absolute Gasteiger partial charge is 0.326 e. The standard InChI is InChI=1S/C25H18Cl5FN2O2/c1-11-8-14(31)3-6-19(11)33-23(34)16-10-15(4-5-17(16)26)32-24(35)21-20(25(21,29)30)13-7-12(2)22(28)18(27)9-13/h3-10,20-21H,1-2H3,(H,32,35)(H,33,34). The molecule has 182 valence electrons. The van der Waals surface area contributed by atoms with E-state index in [0.29, 0.717) is 32.5 Å². The van der Waals surface area contributed by atoms with E-state index in [1.54, 1.807) is 32.0 Å². The molecule has 2 atom stereocenters. The number of aryl methyl sites for hydroxylation is 2. The predicted molar refractivity (Wildman–Crippen MR) is 141 cm³/mol. The van der Waals surface area contributed by atoms with Gasteiger partial charge in [0.25, 0.3) is 5.91 Å². The van der Waals surface area contributed by atoms with Gasteiger partial charge in [-0.05, 0) is 73.0 Å². The lowest BCUT2D eigenvalue weighted by Gasteiger charge is -2.12. The summed E-state index contributed by atoms with van der Waals surface area (Å²) in [5, 5.41) is 6.40. The lowest BCUT2D eigenvalue weighted by Crippen LogP contribution is -2.18. The van der Waals surface area contributed by atoms with Gasteiger partial charge in [0, 0.05) is 17.3 Å². The number of carbonyl (C=O) groups excluding carboxylic acids is 2. The number of amides is 2. The molecular formula is C25H18Cl5FN2O2. The van der Waals surface area contributed by atoms with Gasteiger partial charge in [-0.25, -0.2) is 4.39 Å². The first kappa shape index (κ1) is 26.1. The second-order valence-corrected chi connectivity index (χ2v) is 11.0. The third-order valence-corrected chi connectivity index (χ3v) is 8.01. The second-order valence-electron chi connectivity index (χ2n) is 8.36. The van der Waals surface area contributed by atoms with Crippen molar-refractivity contribution in [3.8, 4) is 0 Å². The van der Waals surface area contributed by atoms with Crippen molar-refractivity contribution >= 4 is 81.2 Å². The minimum atomic E-state index is -1.33. The average molecular weight is 575 g/mol. The highest BCUT2D eigenvalue weighted by molar-refractivity contribution is 6.53. The molecule has 0 aromatic heterocycles. The zero-order chi connectivity index (χ0) is 25.7. The number of rotatable bonds is 5. The van der Waals surface area contributed by atoms with E-state index in [4.69, 9.17) is 58.0 Å². The number of carbonyl (C=O) groups is 2. The van der Waals surface area contributed by atoms with Crippen molar-refractivity contribution in [1.29, 1.82) is 0 Å². The minimum absolute atomic E-state index is 0.128. The quantitative estimate of drug-likeness (QED) is 0.302. The Bertz CT molecular complexity index is 1340. The Hall–Kier alpha value is -2.02. The highest BCUT2D eigenvalue weighted by Crippen LogP contribution is 2.65. The SMILES string of the molecule is Cc1cc(F)ccc1NC(=O)c1cc(NC(=O)C2C(c3cc(C)c(Cl)c(Cl)c3)C2(Cl)Cl)ccc1Cl. The molecule has 3 aromatic carbocycles. The topological polar surface area (TPSA) is 58.2 Å². The predicted octanol–water partition coefficient (Wildman–Crippen LogP) is 8.18. The van der Waals surface area contributed by atoms with E-state index < -0.39 is 33.8 Å². The summed E-state index contributed by atoms with van der Waals surface area (Å²) in [6, 6.07) is 12.0. The summed E-state index contributed by atoms with van der Waals surface area (Å²) >= 11 is 31.5. The molecule has 35 heavy (non-hydrogen) atoms. The van der Waals surface area contributed by atoms with Gasteiger partial charge in [0.15, 0.2) is 0 Å². The minimum Gasteiger partial charge on any atom is -0.326 e. The molecule has 0 saturated heterocycles. The average Bonchev–Trinajstić information content (AvgIpc) is 3.37. The first-order valence-corrected chi connectivity index (χ1v) is 12.3. The van der Waals surface area contributed by atoms with E-state index in [9.17, 15) is 14.0 Å². The Balaban J connectivity index is 1.52. The van der Waals surface area contributed by atoms with Gasteiger partial charge in [0.1, 0.15) is 10.2 Å². The van der Waals surface area contributed by atoms with E-state index in [0.717, 1.165) is 5.56 Å². The smallest absolute Gasteiger partial charge is 0.257 e. The normalized spacial score (nSPS) is 18.2. The summed E-state index contributed by atoms with van der Waals surface area (Å²) in [5.74, 6) is -2.59. The van der Waals surface area contributed by atoms with Crippen LogP contribution in [0.5, 0.6) is 0 Å². The third-order valence-electron chi connectivity index (χ3n) is 5.84. The molecule has 1 fully saturated rings. The number of benzene rings is 3. The van der Waals surface area contributed by atoms with Crippen molar-refractivity contribution in [2.45, 2.75) is 24.1 Å². The van der Waals surface area contributed by atoms with E-state index in [1.807, 2.05) is 0 Å². The van der Waals surface area contributed by atoms with Crippen LogP contribution in [-0.4, -0.2) is 16.1 Å². The molecule has 10 heteroatoms. The molecule has 0 heterocycles. The highest BCUT2D eigenvalue weighted by Gasteiger charge is 2.67. The summed E-state index contributed by atoms with van der Waals surface area (Å²) < 4.78 is 12.0. The summed E-state index contributed by atoms with van der Waals surface area (Å²) in [5.41, 5.74) is 2.90. The molecule has 3 aromatic rings. The maximum Gasteiger partial charge on any atom is 0.257 e. The van der Waals surface area contributed by atoms with Crippen LogP contribution in [0.4, 0.5) is 15.8 Å². The van der Waals surface area contributed by atoms with Crippen LogP contribution in [0.25, 0.3) is 0 Å². The van der Waals surface area contributed by atoms with Gasteiger partial charge in [-0.2, -0.15) is 0 Å². The lowest BCUT2D eigenvalue weighted by atomic mass is 10.1. The molecule has 1 saturated carbocycles. The van der Waals surface area contributed by atoms with Gasteiger partial charge in [-0.3, -0.25) is 9.59 Å². The Morgan fingerprint density at radius 1 is 0.886 bits per heavy atom. The van der Waals surface area contributed by atoms with Crippen LogP contribution in [0.3, 0.4) is 0 Å². The van der Waals surface area contributed by atoms with E-state index in [2.05, 4.69) is 10.6 Å². The summed E-state index contributed by atoms with van der Waals surface area (Å²) in [6.45, 7) is 3.47. The monoisotopic (exact) mass is 572 g/mol. The molecule has 1 aliphatic carbocycles. The summed E-state index contributed by atoms with van der Waals surface area (Å²) in [7, 11) is 0. The molecule has 4 nitrogen and oxygen atoms in total. The Labute approximate surface area is 226 Å². The number of nitrogens with one attached hydrogen (secondary N) is 2. The van der Waals surface area contributed by atoms with Crippen LogP contribution < -0.4 is 10.6 Å². The summed E-state index contributed by atoms with van der Waals surface area (Å²) in [4.78, 5) is 25.9. The maximum atomic E-state index is 13.4. The fourth-order valence-corrected chi connectivity index (χ4v) is 5.37. The zero-order valence-corrected chi connectivity index (χ0v) is 22.1. The molecule has 0 spiro atoms. The molecule has 2 amide bonds. The Morgan fingerprint density at radius 2 is 1.60 bits per heavy atom. The number of anilines is 2. The van der Waals surface area contributed by atoms with Gasteiger partial charge in [-0.1, -0.05) is 40.9 Å². The van der Waals surface area contributed by atoms with E-state index in [-0.39, 0.29) is 10.6 Å². The van der Waals surface area contributed by atoms with Crippen molar-refractivity contribution in [1.82, 2.24) is 0 Å². The maximum absolute atomic E-state index is 13.4. The molecule has 0 aliphatic heterocycles. The van der Waals surface area contributed by atoms with Crippen LogP contribution in [0.1, 0.15) is 33.0 Å². The Kier molecular flexibility index (Phi) is 7.29. The van der Waals surface area contributed by atoms with Gasteiger partial charge in [-0.15, -0.1) is 23.2 Å². The third kappa shape index (κ3) is 5.25. The van der Waals surface area contributed by atoms with Crippen molar-refractivity contribution in [3.63, 3.8) is 0 Å². The molecule has 2 unspecified atom stereocenters. The van der Waals surface area contributed by atoms with E-state index in [1.165, 1.54) is 30.3 Å². The molecule has 1 aliphatic rings. The van der Waals surface area contributed by atoms with Crippen molar-refractivity contribution < 1.29 is 14.0 Å². The number of alkyl halides is 2. The second kappa shape index (κ2) is 9.79. The van der Waals surface area contributed by atoms with Gasteiger partial charge in [0.05, 0.1) is 26.5 Å². The molecular weight excluding hydrogens is 557 g/mol. The first-order valence-electron chi connectivity index (χ1n) is 10.4. The molecule has 4 rings (SSSR count). The van der Waals surface area contributed by atoms with Crippen molar-refractivity contribution in [2.24, 2.45) is 5.92 Å². The van der Waals surface area contributed by atoms with Crippen LogP contribution in [0.15, 0.2) is 48.5 Å². The lowest BCUT2D eigenvalue weighted by molar-refractivity contribution is -0.117. The van der Waals surface area contributed by atoms with Crippen LogP contribution >= 0.6 is 58.0 Å². The fourth-order valence-electron chi connectivity index (χ4n) is 3.95. The van der Waals surface area contributed by atoms with Gasteiger partial charge < -0.3 is 10.6 Å². The summed E-state index contributed by atoms with van der Waals surface area (Å²) in [6.07, 6.45) is 0. The molecule has 0 bridgehead atoms. The number of halogens is 6. The van der Waals surface area contributed by atoms with Crippen molar-refractivity contribution in [3.05, 3.63) is 91.7 Å². The highest BCUT2D eigenvalue weighted by atomic mass is 35.5. The van der Waals surface area contributed by atoms with Crippen molar-refractivity contribution in [2.75, 3.05) is 10.6 Å². The van der Waals surface area contributed by atoms with Crippen LogP contribution in [0.2, 0.25) is 15.1 Å². The van der Waals surface area contributed by atoms with E-state index >= 15 is 0 Å². The van der Waals surface area contributed by atoms with Gasteiger partial charge in [0.2, 0.25) is 5.91 Å². The van der Waals surface area contributed by atoms with Crippen LogP contribution in [-0.2, 0) is 4.79 Å². The first-order chi connectivity index (χ1) is 16.4. The molecule has 2 N–H and O–H groups in total. The number of hydrogen-bond acceptors (Lipinski definition) is 2.